The van der Waals surface area contributed by atoms with Gasteiger partial charge in [0.05, 0.1) is 5.52 Å². The van der Waals surface area contributed by atoms with E-state index in [1.54, 1.807) is 0 Å². The van der Waals surface area contributed by atoms with E-state index in [-0.39, 0.29) is 0 Å². The summed E-state index contributed by atoms with van der Waals surface area (Å²) >= 11 is 0. The fraction of sp³-hybridized carbons (Fsp3) is 0.0833. The van der Waals surface area contributed by atoms with Crippen LogP contribution in [0, 0.1) is 0 Å². The molecular weight excluding hydrogens is 172 g/mol. The maximum Gasteiger partial charge on any atom is 0.0572 e. The van der Waals surface area contributed by atoms with Gasteiger partial charge in [-0.2, -0.15) is 0 Å². The van der Waals surface area contributed by atoms with E-state index >= 15 is 0 Å². The lowest BCUT2D eigenvalue weighted by Gasteiger charge is -2.05. The Balaban J connectivity index is 2.67. The average molecular weight is 182 g/mol. The molecule has 0 amide bonds. The van der Waals surface area contributed by atoms with Crippen molar-refractivity contribution in [3.05, 3.63) is 42.9 Å². The molecule has 0 spiro atoms. The normalized spacial score (nSPS) is 11.2. The first-order chi connectivity index (χ1) is 6.86. The van der Waals surface area contributed by atoms with Crippen molar-refractivity contribution in [1.82, 2.24) is 9.55 Å². The maximum atomic E-state index is 4.18. The van der Waals surface area contributed by atoms with Crippen molar-refractivity contribution < 1.29 is 0 Å². The second kappa shape index (κ2) is 2.58. The van der Waals surface area contributed by atoms with Gasteiger partial charge < -0.3 is 4.57 Å². The molecule has 2 heteroatoms. The molecule has 0 N–H and O–H groups in total. The summed E-state index contributed by atoms with van der Waals surface area (Å²) < 4.78 is 2.14. The quantitative estimate of drug-likeness (QED) is 0.522. The molecule has 0 aliphatic heterocycles. The van der Waals surface area contributed by atoms with Crippen LogP contribution in [0.3, 0.4) is 0 Å². The lowest BCUT2D eigenvalue weighted by molar-refractivity contribution is 0.957. The Morgan fingerprint density at radius 3 is 2.86 bits per heavy atom. The molecule has 2 aromatic heterocycles. The summed E-state index contributed by atoms with van der Waals surface area (Å²) in [7, 11) is 2.06. The molecule has 0 bridgehead atoms. The maximum absolute atomic E-state index is 4.18. The number of nitrogens with zero attached hydrogens (tertiary/aromatic N) is 2. The molecule has 2 heterocycles. The third kappa shape index (κ3) is 0.880. The number of fused-ring (bicyclic) bond motifs is 3. The highest BCUT2D eigenvalue weighted by Gasteiger charge is 2.02. The van der Waals surface area contributed by atoms with Gasteiger partial charge in [-0.15, -0.1) is 0 Å². The first-order valence-electron chi connectivity index (χ1n) is 4.64. The fourth-order valence-electron chi connectivity index (χ4n) is 1.96. The van der Waals surface area contributed by atoms with E-state index in [2.05, 4.69) is 47.1 Å². The number of hydrogen-bond acceptors (Lipinski definition) is 1. The van der Waals surface area contributed by atoms with Crippen molar-refractivity contribution in [1.29, 1.82) is 0 Å². The molecule has 0 saturated carbocycles. The minimum absolute atomic E-state index is 1.21. The van der Waals surface area contributed by atoms with Crippen molar-refractivity contribution in [2.45, 2.75) is 0 Å². The number of pyridine rings is 1. The summed E-state index contributed by atoms with van der Waals surface area (Å²) in [5.41, 5.74) is 1.25. The van der Waals surface area contributed by atoms with Gasteiger partial charge in [0.1, 0.15) is 0 Å². The molecule has 0 saturated heterocycles. The van der Waals surface area contributed by atoms with Crippen LogP contribution in [0.1, 0.15) is 0 Å². The molecule has 0 fully saturated rings. The number of benzene rings is 1. The Morgan fingerprint density at radius 1 is 1.07 bits per heavy atom. The zero-order valence-electron chi connectivity index (χ0n) is 7.94. The van der Waals surface area contributed by atoms with Gasteiger partial charge >= 0.3 is 0 Å². The molecule has 1 aromatic carbocycles. The van der Waals surface area contributed by atoms with Crippen molar-refractivity contribution in [2.24, 2.45) is 7.05 Å². The summed E-state index contributed by atoms with van der Waals surface area (Å²) in [6.07, 6.45) is 5.90. The fourth-order valence-corrected chi connectivity index (χ4v) is 1.96. The highest BCUT2D eigenvalue weighted by Crippen LogP contribution is 2.23. The van der Waals surface area contributed by atoms with Gasteiger partial charge in [0.15, 0.2) is 0 Å². The van der Waals surface area contributed by atoms with E-state index in [0.29, 0.717) is 0 Å². The minimum atomic E-state index is 1.21. The summed E-state index contributed by atoms with van der Waals surface area (Å²) in [6, 6.07) is 8.44. The van der Waals surface area contributed by atoms with Crippen LogP contribution in [0.15, 0.2) is 42.9 Å². The van der Waals surface area contributed by atoms with Crippen LogP contribution in [0.5, 0.6) is 0 Å². The largest absolute Gasteiger partial charge is 0.350 e. The van der Waals surface area contributed by atoms with Gasteiger partial charge in [0.25, 0.3) is 0 Å². The minimum Gasteiger partial charge on any atom is -0.350 e. The highest BCUT2D eigenvalue weighted by molar-refractivity contribution is 6.05. The average Bonchev–Trinajstić information content (AvgIpc) is 2.65. The zero-order chi connectivity index (χ0) is 9.54. The van der Waals surface area contributed by atoms with Crippen LogP contribution >= 0.6 is 0 Å². The van der Waals surface area contributed by atoms with Crippen molar-refractivity contribution in [3.8, 4) is 0 Å². The Morgan fingerprint density at radius 2 is 1.93 bits per heavy atom. The Labute approximate surface area is 81.8 Å². The van der Waals surface area contributed by atoms with Gasteiger partial charge in [-0.3, -0.25) is 4.98 Å². The van der Waals surface area contributed by atoms with Crippen LogP contribution in [0.2, 0.25) is 0 Å². The summed E-state index contributed by atoms with van der Waals surface area (Å²) in [5, 5.41) is 3.69. The zero-order valence-corrected chi connectivity index (χ0v) is 7.94. The van der Waals surface area contributed by atoms with E-state index in [1.165, 1.54) is 21.7 Å². The molecule has 0 unspecified atom stereocenters. The van der Waals surface area contributed by atoms with Crippen LogP contribution in [-0.4, -0.2) is 9.55 Å². The standard InChI is InChI=1S/C12H10N2/c1-14-6-2-3-9-4-5-10-7-13-8-11(10)12(9)14/h2-8H,1H3. The first-order valence-corrected chi connectivity index (χ1v) is 4.64. The molecule has 3 rings (SSSR count). The molecular formula is C12H10N2. The van der Waals surface area contributed by atoms with E-state index in [0.717, 1.165) is 0 Å². The lowest BCUT2D eigenvalue weighted by Crippen LogP contribution is -1.91. The van der Waals surface area contributed by atoms with Crippen LogP contribution < -0.4 is 0 Å². The van der Waals surface area contributed by atoms with E-state index in [9.17, 15) is 0 Å². The Bertz CT molecular complexity index is 608. The van der Waals surface area contributed by atoms with Gasteiger partial charge in [0.2, 0.25) is 0 Å². The third-order valence-corrected chi connectivity index (χ3v) is 2.64. The smallest absolute Gasteiger partial charge is 0.0572 e. The summed E-state index contributed by atoms with van der Waals surface area (Å²) in [5.74, 6) is 0. The molecule has 14 heavy (non-hydrogen) atoms. The predicted octanol–water partition coefficient (Wildman–Crippen LogP) is 2.73. The second-order valence-corrected chi connectivity index (χ2v) is 3.53. The monoisotopic (exact) mass is 182 g/mol. The number of aryl methyl sites for hydroxylation is 1. The van der Waals surface area contributed by atoms with E-state index < -0.39 is 0 Å². The third-order valence-electron chi connectivity index (χ3n) is 2.64. The van der Waals surface area contributed by atoms with Crippen molar-refractivity contribution >= 4 is 21.7 Å². The number of hydrogen-bond donors (Lipinski definition) is 0. The number of aromatic nitrogens is 2. The molecule has 0 atom stereocenters. The Kier molecular flexibility index (Phi) is 1.39. The molecule has 2 nitrogen and oxygen atoms in total. The van der Waals surface area contributed by atoms with Crippen molar-refractivity contribution in [2.75, 3.05) is 0 Å². The Hall–Kier alpha value is -1.83. The SMILES string of the molecule is Cn1cccc2ccc3cncc3c21. The summed E-state index contributed by atoms with van der Waals surface area (Å²) in [4.78, 5) is 4.18. The van der Waals surface area contributed by atoms with Crippen LogP contribution in [0.25, 0.3) is 21.7 Å². The topological polar surface area (TPSA) is 17.8 Å². The second-order valence-electron chi connectivity index (χ2n) is 3.53. The van der Waals surface area contributed by atoms with Gasteiger partial charge in [0, 0.05) is 36.4 Å². The first kappa shape index (κ1) is 7.56. The van der Waals surface area contributed by atoms with E-state index in [1.807, 2.05) is 12.4 Å². The predicted molar refractivity (Wildman–Crippen MR) is 58.2 cm³/mol. The highest BCUT2D eigenvalue weighted by atomic mass is 14.9. The molecule has 0 aliphatic rings. The van der Waals surface area contributed by atoms with Gasteiger partial charge in [-0.1, -0.05) is 18.2 Å². The van der Waals surface area contributed by atoms with Crippen molar-refractivity contribution in [3.63, 3.8) is 0 Å². The van der Waals surface area contributed by atoms with Gasteiger partial charge in [-0.25, -0.2) is 0 Å². The molecule has 0 radical (unpaired) electrons. The summed E-state index contributed by atoms with van der Waals surface area (Å²) in [6.45, 7) is 0. The number of rotatable bonds is 0. The van der Waals surface area contributed by atoms with Crippen LogP contribution in [-0.2, 0) is 7.05 Å². The lowest BCUT2D eigenvalue weighted by atomic mass is 10.1. The van der Waals surface area contributed by atoms with Crippen LogP contribution in [0.4, 0.5) is 0 Å². The van der Waals surface area contributed by atoms with E-state index in [4.69, 9.17) is 0 Å². The molecule has 0 aliphatic carbocycles. The van der Waals surface area contributed by atoms with Gasteiger partial charge in [-0.05, 0) is 11.5 Å². The molecule has 68 valence electrons. The molecule has 3 aromatic rings.